The van der Waals surface area contributed by atoms with Gasteiger partial charge in [0, 0.05) is 10.4 Å². The van der Waals surface area contributed by atoms with Crippen molar-refractivity contribution < 1.29 is 27.9 Å². The van der Waals surface area contributed by atoms with Crippen molar-refractivity contribution in [3.63, 3.8) is 0 Å². The predicted molar refractivity (Wildman–Crippen MR) is 65.8 cm³/mol. The van der Waals surface area contributed by atoms with Gasteiger partial charge in [-0.25, -0.2) is 9.78 Å². The first-order valence-electron chi connectivity index (χ1n) is 5.05. The number of carbonyl (C=O) groups is 2. The molecule has 106 valence electrons. The fourth-order valence-electron chi connectivity index (χ4n) is 1.18. The standard InChI is InChI=1S/C10H6ClNO.C2HF3O2/c11-8-2-4-10-7(5-8)1-3-9(6-13)12-10;3-2(4,5)1(6)7/h1-6H;(H,6,7). The molecule has 0 unspecified atom stereocenters. The number of hydrogen-bond acceptors (Lipinski definition) is 3. The number of carboxylic acids is 1. The Hall–Kier alpha value is -2.15. The molecule has 0 aliphatic rings. The summed E-state index contributed by atoms with van der Waals surface area (Å²) >= 11 is 5.80. The Balaban J connectivity index is 0.000000246. The summed E-state index contributed by atoms with van der Waals surface area (Å²) in [7, 11) is 0. The van der Waals surface area contributed by atoms with Crippen molar-refractivity contribution in [2.75, 3.05) is 0 Å². The molecule has 0 amide bonds. The Kier molecular flexibility index (Phi) is 5.04. The number of fused-ring (bicyclic) bond motifs is 1. The number of aromatic nitrogens is 1. The van der Waals surface area contributed by atoms with Gasteiger partial charge < -0.3 is 5.11 Å². The molecule has 0 saturated carbocycles. The van der Waals surface area contributed by atoms with Gasteiger partial charge in [-0.2, -0.15) is 13.2 Å². The molecule has 0 saturated heterocycles. The zero-order valence-electron chi connectivity index (χ0n) is 9.69. The van der Waals surface area contributed by atoms with Crippen LogP contribution in [0.5, 0.6) is 0 Å². The second-order valence-electron chi connectivity index (χ2n) is 3.49. The summed E-state index contributed by atoms with van der Waals surface area (Å²) < 4.78 is 31.7. The third-order valence-electron chi connectivity index (χ3n) is 2.04. The minimum Gasteiger partial charge on any atom is -0.475 e. The molecule has 1 aromatic heterocycles. The molecule has 2 rings (SSSR count). The van der Waals surface area contributed by atoms with Crippen LogP contribution in [0.3, 0.4) is 0 Å². The van der Waals surface area contributed by atoms with Crippen LogP contribution in [0.1, 0.15) is 10.5 Å². The summed E-state index contributed by atoms with van der Waals surface area (Å²) in [4.78, 5) is 23.4. The van der Waals surface area contributed by atoms with E-state index in [9.17, 15) is 18.0 Å². The fourth-order valence-corrected chi connectivity index (χ4v) is 1.36. The maximum Gasteiger partial charge on any atom is 0.490 e. The van der Waals surface area contributed by atoms with Gasteiger partial charge in [-0.1, -0.05) is 17.7 Å². The Labute approximate surface area is 115 Å². The van der Waals surface area contributed by atoms with E-state index in [2.05, 4.69) is 4.98 Å². The van der Waals surface area contributed by atoms with E-state index in [1.165, 1.54) is 0 Å². The summed E-state index contributed by atoms with van der Waals surface area (Å²) in [6.07, 6.45) is -4.35. The van der Waals surface area contributed by atoms with Crippen LogP contribution in [-0.2, 0) is 4.79 Å². The SMILES string of the molecule is O=C(O)C(F)(F)F.O=Cc1ccc2cc(Cl)ccc2n1. The van der Waals surface area contributed by atoms with Gasteiger partial charge >= 0.3 is 12.1 Å². The lowest BCUT2D eigenvalue weighted by Gasteiger charge is -1.97. The van der Waals surface area contributed by atoms with Crippen LogP contribution < -0.4 is 0 Å². The van der Waals surface area contributed by atoms with E-state index in [1.807, 2.05) is 12.1 Å². The lowest BCUT2D eigenvalue weighted by atomic mass is 10.2. The van der Waals surface area contributed by atoms with Gasteiger partial charge in [0.05, 0.1) is 5.52 Å². The summed E-state index contributed by atoms with van der Waals surface area (Å²) in [6.45, 7) is 0. The van der Waals surface area contributed by atoms with E-state index in [4.69, 9.17) is 21.5 Å². The van der Waals surface area contributed by atoms with E-state index in [0.717, 1.165) is 17.2 Å². The van der Waals surface area contributed by atoms with Gasteiger partial charge in [0.2, 0.25) is 0 Å². The van der Waals surface area contributed by atoms with Gasteiger partial charge in [-0.05, 0) is 24.3 Å². The Morgan fingerprint density at radius 1 is 1.25 bits per heavy atom. The summed E-state index contributed by atoms with van der Waals surface area (Å²) in [5.41, 5.74) is 1.23. The highest BCUT2D eigenvalue weighted by Crippen LogP contribution is 2.17. The number of aliphatic carboxylic acids is 1. The summed E-state index contributed by atoms with van der Waals surface area (Å²) in [6, 6.07) is 8.87. The van der Waals surface area contributed by atoms with Crippen LogP contribution in [0.15, 0.2) is 30.3 Å². The van der Waals surface area contributed by atoms with E-state index in [-0.39, 0.29) is 0 Å². The van der Waals surface area contributed by atoms with Crippen molar-refractivity contribution in [2.24, 2.45) is 0 Å². The maximum atomic E-state index is 10.6. The molecule has 20 heavy (non-hydrogen) atoms. The number of pyridine rings is 1. The molecule has 1 aromatic carbocycles. The Morgan fingerprint density at radius 3 is 2.35 bits per heavy atom. The number of nitrogens with zero attached hydrogens (tertiary/aromatic N) is 1. The largest absolute Gasteiger partial charge is 0.490 e. The number of halogens is 4. The van der Waals surface area contributed by atoms with Crippen molar-refractivity contribution in [2.45, 2.75) is 6.18 Å². The second kappa shape index (κ2) is 6.33. The van der Waals surface area contributed by atoms with Gasteiger partial charge in [0.1, 0.15) is 5.69 Å². The van der Waals surface area contributed by atoms with E-state index in [0.29, 0.717) is 10.7 Å². The molecule has 8 heteroatoms. The minimum atomic E-state index is -5.08. The third-order valence-corrected chi connectivity index (χ3v) is 2.27. The summed E-state index contributed by atoms with van der Waals surface area (Å²) in [5, 5.41) is 8.74. The highest BCUT2D eigenvalue weighted by molar-refractivity contribution is 6.31. The highest BCUT2D eigenvalue weighted by atomic mass is 35.5. The first-order chi connectivity index (χ1) is 9.24. The highest BCUT2D eigenvalue weighted by Gasteiger charge is 2.38. The zero-order valence-corrected chi connectivity index (χ0v) is 10.4. The molecular weight excluding hydrogens is 299 g/mol. The molecule has 0 aliphatic heterocycles. The van der Waals surface area contributed by atoms with Crippen molar-refractivity contribution in [1.82, 2.24) is 4.98 Å². The predicted octanol–water partition coefficient (Wildman–Crippen LogP) is 3.33. The molecule has 0 spiro atoms. The second-order valence-corrected chi connectivity index (χ2v) is 3.93. The first kappa shape index (κ1) is 15.9. The average molecular weight is 306 g/mol. The quantitative estimate of drug-likeness (QED) is 0.821. The number of carbonyl (C=O) groups excluding carboxylic acids is 1. The van der Waals surface area contributed by atoms with Gasteiger partial charge in [0.15, 0.2) is 6.29 Å². The molecule has 0 bridgehead atoms. The maximum absolute atomic E-state index is 10.6. The summed E-state index contributed by atoms with van der Waals surface area (Å²) in [5.74, 6) is -2.76. The molecule has 1 N–H and O–H groups in total. The van der Waals surface area contributed by atoms with Gasteiger partial charge in [-0.3, -0.25) is 4.79 Å². The number of alkyl halides is 3. The van der Waals surface area contributed by atoms with Crippen molar-refractivity contribution in [3.05, 3.63) is 41.0 Å². The monoisotopic (exact) mass is 305 g/mol. The van der Waals surface area contributed by atoms with Crippen LogP contribution in [-0.4, -0.2) is 28.5 Å². The van der Waals surface area contributed by atoms with E-state index >= 15 is 0 Å². The van der Waals surface area contributed by atoms with Crippen LogP contribution >= 0.6 is 11.6 Å². The molecule has 0 aliphatic carbocycles. The lowest BCUT2D eigenvalue weighted by molar-refractivity contribution is -0.192. The number of carboxylic acid groups (broad SMARTS) is 1. The molecule has 1 heterocycles. The van der Waals surface area contributed by atoms with Crippen LogP contribution in [0, 0.1) is 0 Å². The normalized spacial score (nSPS) is 10.6. The molecule has 0 fully saturated rings. The Morgan fingerprint density at radius 2 is 1.85 bits per heavy atom. The molecular formula is C12H7ClF3NO3. The smallest absolute Gasteiger partial charge is 0.475 e. The third kappa shape index (κ3) is 4.51. The zero-order chi connectivity index (χ0) is 15.3. The van der Waals surface area contributed by atoms with Crippen LogP contribution in [0.25, 0.3) is 10.9 Å². The number of hydrogen-bond donors (Lipinski definition) is 1. The molecule has 0 atom stereocenters. The molecule has 2 aromatic rings. The topological polar surface area (TPSA) is 67.3 Å². The molecule has 4 nitrogen and oxygen atoms in total. The number of benzene rings is 1. The van der Waals surface area contributed by atoms with Crippen LogP contribution in [0.2, 0.25) is 5.02 Å². The number of aldehydes is 1. The average Bonchev–Trinajstić information content (AvgIpc) is 2.37. The Bertz CT molecular complexity index is 643. The molecule has 0 radical (unpaired) electrons. The number of rotatable bonds is 1. The van der Waals surface area contributed by atoms with Crippen molar-refractivity contribution in [3.8, 4) is 0 Å². The van der Waals surface area contributed by atoms with Gasteiger partial charge in [0.25, 0.3) is 0 Å². The lowest BCUT2D eigenvalue weighted by Crippen LogP contribution is -2.21. The first-order valence-corrected chi connectivity index (χ1v) is 5.43. The van der Waals surface area contributed by atoms with E-state index in [1.54, 1.807) is 18.2 Å². The van der Waals surface area contributed by atoms with E-state index < -0.39 is 12.1 Å². The van der Waals surface area contributed by atoms with Gasteiger partial charge in [-0.15, -0.1) is 0 Å². The van der Waals surface area contributed by atoms with Crippen molar-refractivity contribution in [1.29, 1.82) is 0 Å². The minimum absolute atomic E-state index is 0.440. The van der Waals surface area contributed by atoms with Crippen LogP contribution in [0.4, 0.5) is 13.2 Å². The van der Waals surface area contributed by atoms with Crippen molar-refractivity contribution >= 4 is 34.8 Å². The fraction of sp³-hybridized carbons (Fsp3) is 0.0833.